The molecule has 0 spiro atoms. The molecule has 1 N–H and O–H groups in total. The lowest BCUT2D eigenvalue weighted by Crippen LogP contribution is -2.57. The largest absolute Gasteiger partial charge is 0.333 e. The molecule has 1 amide bonds. The van der Waals surface area contributed by atoms with Gasteiger partial charge in [0.1, 0.15) is 0 Å². The fraction of sp³-hybridized carbons (Fsp3) is 0.588. The van der Waals surface area contributed by atoms with Gasteiger partial charge in [-0.25, -0.2) is 9.67 Å². The van der Waals surface area contributed by atoms with Gasteiger partial charge in [-0.3, -0.25) is 4.79 Å². The van der Waals surface area contributed by atoms with E-state index in [4.69, 9.17) is 0 Å². The number of piperazine rings is 1. The van der Waals surface area contributed by atoms with Gasteiger partial charge >= 0.3 is 0 Å². The maximum Gasteiger partial charge on any atom is 0.255 e. The lowest BCUT2D eigenvalue weighted by Gasteiger charge is -2.38. The van der Waals surface area contributed by atoms with E-state index in [-0.39, 0.29) is 42.8 Å². The topological polar surface area (TPSA) is 63.1 Å². The second kappa shape index (κ2) is 8.34. The highest BCUT2D eigenvalue weighted by molar-refractivity contribution is 6.05. The third-order valence-electron chi connectivity index (χ3n) is 4.71. The average Bonchev–Trinajstić information content (AvgIpc) is 2.92. The van der Waals surface area contributed by atoms with Gasteiger partial charge in [0, 0.05) is 36.9 Å². The molecule has 140 valence electrons. The van der Waals surface area contributed by atoms with E-state index in [2.05, 4.69) is 43.1 Å². The van der Waals surface area contributed by atoms with Crippen LogP contribution in [0.25, 0.3) is 11.0 Å². The van der Waals surface area contributed by atoms with Gasteiger partial charge in [0.2, 0.25) is 0 Å². The first-order valence-corrected chi connectivity index (χ1v) is 8.29. The zero-order chi connectivity index (χ0) is 16.7. The van der Waals surface area contributed by atoms with Crippen LogP contribution in [0.15, 0.2) is 12.3 Å². The van der Waals surface area contributed by atoms with Gasteiger partial charge in [-0.05, 0) is 40.7 Å². The molecule has 0 radical (unpaired) electrons. The molecule has 0 aromatic carbocycles. The molecule has 0 bridgehead atoms. The molecule has 1 fully saturated rings. The Hall–Kier alpha value is -1.37. The molecule has 1 aliphatic rings. The monoisotopic (exact) mass is 387 g/mol. The van der Waals surface area contributed by atoms with Gasteiger partial charge in [0.15, 0.2) is 5.65 Å². The highest BCUT2D eigenvalue weighted by Crippen LogP contribution is 2.23. The molecule has 0 aliphatic carbocycles. The van der Waals surface area contributed by atoms with Crippen LogP contribution in [0.4, 0.5) is 0 Å². The Morgan fingerprint density at radius 1 is 1.32 bits per heavy atom. The molecule has 2 aromatic heterocycles. The summed E-state index contributed by atoms with van der Waals surface area (Å²) in [5.41, 5.74) is 2.35. The number of aromatic nitrogens is 3. The fourth-order valence-electron chi connectivity index (χ4n) is 3.20. The van der Waals surface area contributed by atoms with Crippen LogP contribution in [0.1, 0.15) is 49.8 Å². The van der Waals surface area contributed by atoms with Crippen LogP contribution in [0.5, 0.6) is 0 Å². The standard InChI is InChI=1S/C17H25N5O.2ClH/c1-10(2)22-16-15(9-19-22)14(8-11(3)20-16)17(23)21-7-6-18-12(4)13(21)5;;/h8-10,12-13,18H,6-7H2,1-5H3;2*1H. The van der Waals surface area contributed by atoms with Crippen molar-refractivity contribution < 1.29 is 4.79 Å². The normalized spacial score (nSPS) is 20.3. The number of hydrogen-bond acceptors (Lipinski definition) is 4. The number of pyridine rings is 1. The molecule has 0 saturated carbocycles. The summed E-state index contributed by atoms with van der Waals surface area (Å²) < 4.78 is 1.88. The van der Waals surface area contributed by atoms with Gasteiger partial charge in [0.05, 0.1) is 17.1 Å². The minimum Gasteiger partial charge on any atom is -0.333 e. The molecule has 2 unspecified atom stereocenters. The van der Waals surface area contributed by atoms with Crippen LogP contribution in [0.2, 0.25) is 0 Å². The molecule has 3 rings (SSSR count). The Morgan fingerprint density at radius 3 is 2.64 bits per heavy atom. The highest BCUT2D eigenvalue weighted by atomic mass is 35.5. The summed E-state index contributed by atoms with van der Waals surface area (Å²) in [5, 5.41) is 8.68. The summed E-state index contributed by atoms with van der Waals surface area (Å²) in [6.07, 6.45) is 1.77. The quantitative estimate of drug-likeness (QED) is 0.859. The fourth-order valence-corrected chi connectivity index (χ4v) is 3.20. The Kier molecular flexibility index (Phi) is 7.23. The maximum absolute atomic E-state index is 13.1. The van der Waals surface area contributed by atoms with Crippen molar-refractivity contribution in [2.75, 3.05) is 13.1 Å². The van der Waals surface area contributed by atoms with Crippen molar-refractivity contribution in [2.24, 2.45) is 0 Å². The maximum atomic E-state index is 13.1. The first-order chi connectivity index (χ1) is 10.9. The van der Waals surface area contributed by atoms with E-state index in [9.17, 15) is 4.79 Å². The summed E-state index contributed by atoms with van der Waals surface area (Å²) in [6.45, 7) is 11.8. The van der Waals surface area contributed by atoms with Gasteiger partial charge in [-0.1, -0.05) is 0 Å². The summed E-state index contributed by atoms with van der Waals surface area (Å²) in [6, 6.07) is 2.56. The number of fused-ring (bicyclic) bond motifs is 1. The number of aryl methyl sites for hydroxylation is 1. The minimum atomic E-state index is 0. The molecular formula is C17H27Cl2N5O. The predicted molar refractivity (Wildman–Crippen MR) is 105 cm³/mol. The molecule has 1 aliphatic heterocycles. The van der Waals surface area contributed by atoms with Crippen LogP contribution in [-0.2, 0) is 0 Å². The lowest BCUT2D eigenvalue weighted by molar-refractivity contribution is 0.0605. The SMILES string of the molecule is Cc1cc(C(=O)N2CCNC(C)C2C)c2cnn(C(C)C)c2n1.Cl.Cl. The number of nitrogens with one attached hydrogen (secondary N) is 1. The molecule has 3 heterocycles. The molecule has 8 heteroatoms. The van der Waals surface area contributed by atoms with Gasteiger partial charge in [-0.2, -0.15) is 5.10 Å². The van der Waals surface area contributed by atoms with Gasteiger partial charge < -0.3 is 10.2 Å². The molecular weight excluding hydrogens is 361 g/mol. The second-order valence-electron chi connectivity index (χ2n) is 6.71. The predicted octanol–water partition coefficient (Wildman–Crippen LogP) is 2.99. The van der Waals surface area contributed by atoms with Crippen LogP contribution < -0.4 is 5.32 Å². The van der Waals surface area contributed by atoms with Crippen molar-refractivity contribution >= 4 is 41.8 Å². The minimum absolute atomic E-state index is 0. The van der Waals surface area contributed by atoms with E-state index in [0.29, 0.717) is 11.6 Å². The number of amides is 1. The summed E-state index contributed by atoms with van der Waals surface area (Å²) in [7, 11) is 0. The summed E-state index contributed by atoms with van der Waals surface area (Å²) in [5.74, 6) is 0.0738. The van der Waals surface area contributed by atoms with Crippen molar-refractivity contribution in [2.45, 2.75) is 52.7 Å². The zero-order valence-electron chi connectivity index (χ0n) is 15.3. The van der Waals surface area contributed by atoms with Gasteiger partial charge in [0.25, 0.3) is 5.91 Å². The number of nitrogens with zero attached hydrogens (tertiary/aromatic N) is 4. The molecule has 1 saturated heterocycles. The van der Waals surface area contributed by atoms with Crippen molar-refractivity contribution in [3.63, 3.8) is 0 Å². The Bertz CT molecular complexity index is 746. The van der Waals surface area contributed by atoms with E-state index in [1.54, 1.807) is 6.20 Å². The Morgan fingerprint density at radius 2 is 2.00 bits per heavy atom. The van der Waals surface area contributed by atoms with E-state index >= 15 is 0 Å². The molecule has 25 heavy (non-hydrogen) atoms. The van der Waals surface area contributed by atoms with Crippen molar-refractivity contribution in [1.29, 1.82) is 0 Å². The number of rotatable bonds is 2. The van der Waals surface area contributed by atoms with Crippen molar-refractivity contribution in [3.8, 4) is 0 Å². The summed E-state index contributed by atoms with van der Waals surface area (Å²) >= 11 is 0. The molecule has 2 aromatic rings. The van der Waals surface area contributed by atoms with E-state index < -0.39 is 0 Å². The smallest absolute Gasteiger partial charge is 0.255 e. The van der Waals surface area contributed by atoms with Crippen LogP contribution in [0.3, 0.4) is 0 Å². The number of hydrogen-bond donors (Lipinski definition) is 1. The van der Waals surface area contributed by atoms with E-state index in [1.165, 1.54) is 0 Å². The summed E-state index contributed by atoms with van der Waals surface area (Å²) in [4.78, 5) is 19.7. The third-order valence-corrected chi connectivity index (χ3v) is 4.71. The first-order valence-electron chi connectivity index (χ1n) is 8.29. The number of carbonyl (C=O) groups is 1. The number of carbonyl (C=O) groups excluding carboxylic acids is 1. The third kappa shape index (κ3) is 3.91. The first kappa shape index (κ1) is 21.7. The zero-order valence-corrected chi connectivity index (χ0v) is 16.9. The average molecular weight is 388 g/mol. The van der Waals surface area contributed by atoms with E-state index in [1.807, 2.05) is 22.6 Å². The lowest BCUT2D eigenvalue weighted by atomic mass is 10.0. The number of halogens is 2. The van der Waals surface area contributed by atoms with Crippen LogP contribution in [-0.4, -0.2) is 50.7 Å². The Labute approximate surface area is 161 Å². The Balaban J connectivity index is 0.00000156. The molecule has 6 nitrogen and oxygen atoms in total. The van der Waals surface area contributed by atoms with Crippen LogP contribution in [0, 0.1) is 6.92 Å². The van der Waals surface area contributed by atoms with E-state index in [0.717, 1.165) is 29.8 Å². The second-order valence-corrected chi connectivity index (χ2v) is 6.71. The molecule has 2 atom stereocenters. The van der Waals surface area contributed by atoms with Gasteiger partial charge in [-0.15, -0.1) is 24.8 Å². The highest BCUT2D eigenvalue weighted by Gasteiger charge is 2.30. The van der Waals surface area contributed by atoms with Crippen LogP contribution >= 0.6 is 24.8 Å². The van der Waals surface area contributed by atoms with Crippen molar-refractivity contribution in [3.05, 3.63) is 23.5 Å². The van der Waals surface area contributed by atoms with Crippen molar-refractivity contribution in [1.82, 2.24) is 25.0 Å².